The highest BCUT2D eigenvalue weighted by Gasteiger charge is 2.20. The smallest absolute Gasteiger partial charge is 0.352 e. The summed E-state index contributed by atoms with van der Waals surface area (Å²) in [5, 5.41) is 13.8. The van der Waals surface area contributed by atoms with Crippen molar-refractivity contribution in [3.63, 3.8) is 0 Å². The molecule has 0 aliphatic heterocycles. The number of rotatable bonds is 5. The standard InChI is InChI=1S/C11H12N6O2/c12-10-9(17(18)19)11(16-7-15-10)14-5-3-8-2-1-4-13-6-8/h1-2,4,6-7H,3,5H2,(H3,12,14,15,16). The largest absolute Gasteiger partial charge is 0.378 e. The number of nitro groups is 1. The van der Waals surface area contributed by atoms with Gasteiger partial charge in [-0.1, -0.05) is 6.07 Å². The first kappa shape index (κ1) is 12.7. The van der Waals surface area contributed by atoms with Gasteiger partial charge in [0.25, 0.3) is 0 Å². The van der Waals surface area contributed by atoms with E-state index < -0.39 is 4.92 Å². The third-order valence-electron chi connectivity index (χ3n) is 2.46. The number of nitrogens with two attached hydrogens (primary N) is 1. The number of aromatic nitrogens is 3. The third kappa shape index (κ3) is 3.12. The van der Waals surface area contributed by atoms with Gasteiger partial charge in [0, 0.05) is 18.9 Å². The SMILES string of the molecule is Nc1ncnc(NCCc2cccnc2)c1[N+](=O)[O-]. The van der Waals surface area contributed by atoms with Crippen molar-refractivity contribution in [3.8, 4) is 0 Å². The minimum atomic E-state index is -0.595. The number of nitrogens with one attached hydrogen (secondary N) is 1. The zero-order valence-electron chi connectivity index (χ0n) is 9.98. The lowest BCUT2D eigenvalue weighted by atomic mass is 10.2. The van der Waals surface area contributed by atoms with Gasteiger partial charge in [0.15, 0.2) is 0 Å². The van der Waals surface area contributed by atoms with Crippen molar-refractivity contribution in [3.05, 3.63) is 46.5 Å². The van der Waals surface area contributed by atoms with Crippen LogP contribution in [0.15, 0.2) is 30.9 Å². The normalized spacial score (nSPS) is 10.1. The third-order valence-corrected chi connectivity index (χ3v) is 2.46. The van der Waals surface area contributed by atoms with Crippen LogP contribution in [0.4, 0.5) is 17.3 Å². The molecule has 0 spiro atoms. The fourth-order valence-electron chi connectivity index (χ4n) is 1.57. The van der Waals surface area contributed by atoms with E-state index in [0.29, 0.717) is 13.0 Å². The molecule has 8 heteroatoms. The van der Waals surface area contributed by atoms with E-state index in [2.05, 4.69) is 20.3 Å². The molecule has 19 heavy (non-hydrogen) atoms. The lowest BCUT2D eigenvalue weighted by Gasteiger charge is -2.06. The van der Waals surface area contributed by atoms with Crippen molar-refractivity contribution in [1.82, 2.24) is 15.0 Å². The molecule has 98 valence electrons. The van der Waals surface area contributed by atoms with E-state index in [1.54, 1.807) is 12.4 Å². The fraction of sp³-hybridized carbons (Fsp3) is 0.182. The van der Waals surface area contributed by atoms with Gasteiger partial charge in [-0.05, 0) is 18.1 Å². The lowest BCUT2D eigenvalue weighted by Crippen LogP contribution is -2.10. The molecule has 0 aromatic carbocycles. The number of nitrogen functional groups attached to an aromatic ring is 1. The maximum atomic E-state index is 10.9. The summed E-state index contributed by atoms with van der Waals surface area (Å²) in [4.78, 5) is 21.7. The molecule has 0 saturated heterocycles. The minimum Gasteiger partial charge on any atom is -0.378 e. The summed E-state index contributed by atoms with van der Waals surface area (Å²) in [6.45, 7) is 0.489. The van der Waals surface area contributed by atoms with Crippen LogP contribution in [0.3, 0.4) is 0 Å². The van der Waals surface area contributed by atoms with Gasteiger partial charge >= 0.3 is 5.69 Å². The van der Waals surface area contributed by atoms with Crippen LogP contribution in [0.2, 0.25) is 0 Å². The molecule has 0 aliphatic rings. The van der Waals surface area contributed by atoms with E-state index in [0.717, 1.165) is 5.56 Å². The van der Waals surface area contributed by atoms with Gasteiger partial charge < -0.3 is 11.1 Å². The Morgan fingerprint density at radius 2 is 2.26 bits per heavy atom. The van der Waals surface area contributed by atoms with Crippen LogP contribution in [0.1, 0.15) is 5.56 Å². The molecule has 8 nitrogen and oxygen atoms in total. The first-order valence-electron chi connectivity index (χ1n) is 5.56. The minimum absolute atomic E-state index is 0.126. The molecule has 2 aromatic rings. The molecule has 0 fully saturated rings. The number of pyridine rings is 1. The van der Waals surface area contributed by atoms with Crippen LogP contribution in [0.5, 0.6) is 0 Å². The second-order valence-corrected chi connectivity index (χ2v) is 3.75. The molecular weight excluding hydrogens is 248 g/mol. The Morgan fingerprint density at radius 3 is 2.95 bits per heavy atom. The highest BCUT2D eigenvalue weighted by Crippen LogP contribution is 2.25. The van der Waals surface area contributed by atoms with Gasteiger partial charge in [-0.25, -0.2) is 9.97 Å². The van der Waals surface area contributed by atoms with Crippen LogP contribution in [-0.2, 0) is 6.42 Å². The Bertz CT molecular complexity index is 575. The van der Waals surface area contributed by atoms with Gasteiger partial charge in [-0.3, -0.25) is 15.1 Å². The zero-order valence-corrected chi connectivity index (χ0v) is 9.98. The summed E-state index contributed by atoms with van der Waals surface area (Å²) in [5.74, 6) is -0.0229. The van der Waals surface area contributed by atoms with E-state index in [-0.39, 0.29) is 17.3 Å². The van der Waals surface area contributed by atoms with Crippen LogP contribution >= 0.6 is 0 Å². The summed E-state index contributed by atoms with van der Waals surface area (Å²) in [7, 11) is 0. The highest BCUT2D eigenvalue weighted by atomic mass is 16.6. The van der Waals surface area contributed by atoms with Crippen LogP contribution < -0.4 is 11.1 Å². The van der Waals surface area contributed by atoms with Crippen molar-refractivity contribution < 1.29 is 4.92 Å². The molecule has 0 saturated carbocycles. The second-order valence-electron chi connectivity index (χ2n) is 3.75. The number of nitrogens with zero attached hydrogens (tertiary/aromatic N) is 4. The molecule has 0 atom stereocenters. The molecule has 3 N–H and O–H groups in total. The van der Waals surface area contributed by atoms with Gasteiger partial charge in [0.05, 0.1) is 4.92 Å². The van der Waals surface area contributed by atoms with E-state index >= 15 is 0 Å². The van der Waals surface area contributed by atoms with E-state index in [9.17, 15) is 10.1 Å². The van der Waals surface area contributed by atoms with Gasteiger partial charge in [-0.2, -0.15) is 0 Å². The van der Waals surface area contributed by atoms with Crippen LogP contribution in [-0.4, -0.2) is 26.4 Å². The molecule has 0 unspecified atom stereocenters. The quantitative estimate of drug-likeness (QED) is 0.608. The van der Waals surface area contributed by atoms with Crippen molar-refractivity contribution in [2.75, 3.05) is 17.6 Å². The molecular formula is C11H12N6O2. The Morgan fingerprint density at radius 1 is 1.42 bits per heavy atom. The molecule has 2 rings (SSSR count). The van der Waals surface area contributed by atoms with Gasteiger partial charge in [0.1, 0.15) is 6.33 Å². The van der Waals surface area contributed by atoms with E-state index in [1.165, 1.54) is 6.33 Å². The summed E-state index contributed by atoms with van der Waals surface area (Å²) in [6.07, 6.45) is 5.29. The molecule has 0 amide bonds. The lowest BCUT2D eigenvalue weighted by molar-refractivity contribution is -0.383. The van der Waals surface area contributed by atoms with Crippen molar-refractivity contribution in [1.29, 1.82) is 0 Å². The molecule has 0 aliphatic carbocycles. The summed E-state index contributed by atoms with van der Waals surface area (Å²) >= 11 is 0. The summed E-state index contributed by atoms with van der Waals surface area (Å²) < 4.78 is 0. The Labute approximate surface area is 108 Å². The Hall–Kier alpha value is -2.77. The number of hydrogen-bond acceptors (Lipinski definition) is 7. The predicted octanol–water partition coefficient (Wildman–Crippen LogP) is 1.02. The topological polar surface area (TPSA) is 120 Å². The number of hydrogen-bond donors (Lipinski definition) is 2. The summed E-state index contributed by atoms with van der Waals surface area (Å²) in [5.41, 5.74) is 6.19. The Kier molecular flexibility index (Phi) is 3.81. The monoisotopic (exact) mass is 260 g/mol. The highest BCUT2D eigenvalue weighted by molar-refractivity contribution is 5.67. The first-order valence-corrected chi connectivity index (χ1v) is 5.56. The van der Waals surface area contributed by atoms with Gasteiger partial charge in [-0.15, -0.1) is 0 Å². The fourth-order valence-corrected chi connectivity index (χ4v) is 1.57. The maximum absolute atomic E-state index is 10.9. The number of anilines is 2. The van der Waals surface area contributed by atoms with E-state index in [1.807, 2.05) is 12.1 Å². The van der Waals surface area contributed by atoms with Crippen molar-refractivity contribution in [2.24, 2.45) is 0 Å². The average molecular weight is 260 g/mol. The second kappa shape index (κ2) is 5.71. The maximum Gasteiger partial charge on any atom is 0.352 e. The average Bonchev–Trinajstić information content (AvgIpc) is 2.39. The summed E-state index contributed by atoms with van der Waals surface area (Å²) in [6, 6.07) is 3.76. The molecule has 2 heterocycles. The molecule has 0 bridgehead atoms. The first-order chi connectivity index (χ1) is 9.18. The zero-order chi connectivity index (χ0) is 13.7. The van der Waals surface area contributed by atoms with Crippen LogP contribution in [0, 0.1) is 10.1 Å². The molecule has 0 radical (unpaired) electrons. The van der Waals surface area contributed by atoms with Crippen molar-refractivity contribution in [2.45, 2.75) is 6.42 Å². The van der Waals surface area contributed by atoms with Gasteiger partial charge in [0.2, 0.25) is 11.6 Å². The molecule has 2 aromatic heterocycles. The van der Waals surface area contributed by atoms with Crippen LogP contribution in [0.25, 0.3) is 0 Å². The predicted molar refractivity (Wildman–Crippen MR) is 69.5 cm³/mol. The Balaban J connectivity index is 2.04. The van der Waals surface area contributed by atoms with Crippen molar-refractivity contribution >= 4 is 17.3 Å². The van der Waals surface area contributed by atoms with E-state index in [4.69, 9.17) is 5.73 Å².